The molecule has 1 saturated carbocycles. The van der Waals surface area contributed by atoms with Crippen LogP contribution in [0.2, 0.25) is 0 Å². The molecule has 2 rings (SSSR count). The van der Waals surface area contributed by atoms with E-state index in [4.69, 9.17) is 10.5 Å². The summed E-state index contributed by atoms with van der Waals surface area (Å²) in [5.41, 5.74) is 6.42. The van der Waals surface area contributed by atoms with Crippen LogP contribution < -0.4 is 10.5 Å². The summed E-state index contributed by atoms with van der Waals surface area (Å²) in [6.07, 6.45) is 5.07. The first-order valence-electron chi connectivity index (χ1n) is 6.20. The van der Waals surface area contributed by atoms with Crippen LogP contribution >= 0.6 is 15.9 Å². The Morgan fingerprint density at radius 1 is 1.58 bits per heavy atom. The van der Waals surface area contributed by atoms with E-state index in [-0.39, 0.29) is 17.8 Å². The van der Waals surface area contributed by atoms with Gasteiger partial charge in [-0.15, -0.1) is 0 Å². The van der Waals surface area contributed by atoms with Crippen molar-refractivity contribution in [3.05, 3.63) is 26.3 Å². The Morgan fingerprint density at radius 3 is 2.95 bits per heavy atom. The van der Waals surface area contributed by atoms with Gasteiger partial charge < -0.3 is 10.5 Å². The van der Waals surface area contributed by atoms with Gasteiger partial charge in [0.2, 0.25) is 5.88 Å². The molecule has 1 aliphatic carbocycles. The molecule has 0 radical (unpaired) electrons. The second-order valence-electron chi connectivity index (χ2n) is 4.81. The Hall–Kier alpha value is -1.21. The molecule has 0 aliphatic heterocycles. The molecule has 1 aliphatic rings. The molecular weight excluding hydrogens is 314 g/mol. The Labute approximate surface area is 119 Å². The topological polar surface area (TPSA) is 91.3 Å². The minimum Gasteiger partial charge on any atom is -0.473 e. The van der Waals surface area contributed by atoms with E-state index in [9.17, 15) is 10.1 Å². The highest BCUT2D eigenvalue weighted by Gasteiger charge is 2.24. The first kappa shape index (κ1) is 14.2. The van der Waals surface area contributed by atoms with Crippen molar-refractivity contribution in [2.24, 2.45) is 5.73 Å². The largest absolute Gasteiger partial charge is 0.473 e. The number of pyridine rings is 1. The Bertz CT molecular complexity index is 495. The standard InChI is InChI=1S/C12H16BrN3O3/c1-7-10(16(17)18)6-15-12(11(7)13)19-9-4-2-3-8(14)5-9/h6,8-9H,2-5,14H2,1H3. The summed E-state index contributed by atoms with van der Waals surface area (Å²) in [5.74, 6) is 0.405. The molecule has 1 fully saturated rings. The van der Waals surface area contributed by atoms with Gasteiger partial charge in [-0.3, -0.25) is 10.1 Å². The molecule has 0 amide bonds. The predicted octanol–water partition coefficient (Wildman–Crippen LogP) is 2.71. The van der Waals surface area contributed by atoms with Crippen LogP contribution in [0.15, 0.2) is 10.7 Å². The number of rotatable bonds is 3. The van der Waals surface area contributed by atoms with Crippen LogP contribution in [0.3, 0.4) is 0 Å². The van der Waals surface area contributed by atoms with Gasteiger partial charge in [-0.05, 0) is 48.5 Å². The minimum atomic E-state index is -0.451. The zero-order valence-electron chi connectivity index (χ0n) is 10.6. The van der Waals surface area contributed by atoms with E-state index in [2.05, 4.69) is 20.9 Å². The third-order valence-electron chi connectivity index (χ3n) is 3.35. The number of nitrogens with zero attached hydrogens (tertiary/aromatic N) is 2. The quantitative estimate of drug-likeness (QED) is 0.680. The molecule has 2 atom stereocenters. The van der Waals surface area contributed by atoms with Crippen molar-refractivity contribution in [1.29, 1.82) is 0 Å². The Kier molecular flexibility index (Phi) is 4.36. The van der Waals surface area contributed by atoms with E-state index in [0.717, 1.165) is 25.7 Å². The highest BCUT2D eigenvalue weighted by Crippen LogP contribution is 2.33. The van der Waals surface area contributed by atoms with Crippen molar-refractivity contribution in [2.45, 2.75) is 44.8 Å². The third-order valence-corrected chi connectivity index (χ3v) is 4.28. The number of hydrogen-bond acceptors (Lipinski definition) is 5. The summed E-state index contributed by atoms with van der Waals surface area (Å²) in [4.78, 5) is 14.4. The van der Waals surface area contributed by atoms with E-state index in [1.807, 2.05) is 0 Å². The van der Waals surface area contributed by atoms with Crippen molar-refractivity contribution in [2.75, 3.05) is 0 Å². The zero-order valence-corrected chi connectivity index (χ0v) is 12.2. The lowest BCUT2D eigenvalue weighted by atomic mass is 9.94. The lowest BCUT2D eigenvalue weighted by molar-refractivity contribution is -0.385. The predicted molar refractivity (Wildman–Crippen MR) is 74.2 cm³/mol. The van der Waals surface area contributed by atoms with Gasteiger partial charge in [0.15, 0.2) is 0 Å². The highest BCUT2D eigenvalue weighted by atomic mass is 79.9. The van der Waals surface area contributed by atoms with Crippen molar-refractivity contribution in [1.82, 2.24) is 4.98 Å². The maximum absolute atomic E-state index is 10.8. The molecule has 0 saturated heterocycles. The number of hydrogen-bond donors (Lipinski definition) is 1. The fourth-order valence-electron chi connectivity index (χ4n) is 2.26. The molecule has 7 heteroatoms. The molecule has 1 heterocycles. The highest BCUT2D eigenvalue weighted by molar-refractivity contribution is 9.10. The normalized spacial score (nSPS) is 23.1. The van der Waals surface area contributed by atoms with Gasteiger partial charge in [-0.1, -0.05) is 0 Å². The maximum Gasteiger partial charge on any atom is 0.291 e. The van der Waals surface area contributed by atoms with Gasteiger partial charge >= 0.3 is 0 Å². The maximum atomic E-state index is 10.8. The average molecular weight is 330 g/mol. The van der Waals surface area contributed by atoms with Crippen molar-refractivity contribution in [3.63, 3.8) is 0 Å². The average Bonchev–Trinajstić information content (AvgIpc) is 2.35. The fourth-order valence-corrected chi connectivity index (χ4v) is 2.66. The summed E-state index contributed by atoms with van der Waals surface area (Å²) in [5, 5.41) is 10.8. The number of nitro groups is 1. The second kappa shape index (κ2) is 5.83. The Morgan fingerprint density at radius 2 is 2.32 bits per heavy atom. The SMILES string of the molecule is Cc1c([N+](=O)[O-])cnc(OC2CCCC(N)C2)c1Br. The molecule has 6 nitrogen and oxygen atoms in total. The summed E-state index contributed by atoms with van der Waals surface area (Å²) in [6, 6.07) is 0.164. The van der Waals surface area contributed by atoms with Crippen molar-refractivity contribution < 1.29 is 9.66 Å². The first-order chi connectivity index (χ1) is 8.99. The number of nitrogens with two attached hydrogens (primary N) is 1. The van der Waals surface area contributed by atoms with Gasteiger partial charge in [-0.2, -0.15) is 0 Å². The van der Waals surface area contributed by atoms with Crippen molar-refractivity contribution in [3.8, 4) is 5.88 Å². The monoisotopic (exact) mass is 329 g/mol. The van der Waals surface area contributed by atoms with Crippen LogP contribution in [0.1, 0.15) is 31.2 Å². The van der Waals surface area contributed by atoms with Gasteiger partial charge in [0, 0.05) is 11.6 Å². The summed E-state index contributed by atoms with van der Waals surface area (Å²) in [7, 11) is 0. The molecule has 104 valence electrons. The van der Waals surface area contributed by atoms with Crippen LogP contribution in [0.5, 0.6) is 5.88 Å². The van der Waals surface area contributed by atoms with Crippen LogP contribution in [0.25, 0.3) is 0 Å². The molecule has 0 bridgehead atoms. The molecule has 1 aromatic heterocycles. The van der Waals surface area contributed by atoms with Crippen LogP contribution in [0.4, 0.5) is 5.69 Å². The number of halogens is 1. The first-order valence-corrected chi connectivity index (χ1v) is 7.00. The summed E-state index contributed by atoms with van der Waals surface area (Å²) >= 11 is 3.32. The lowest BCUT2D eigenvalue weighted by Gasteiger charge is -2.27. The van der Waals surface area contributed by atoms with Crippen LogP contribution in [-0.4, -0.2) is 22.1 Å². The van der Waals surface area contributed by atoms with Crippen LogP contribution in [-0.2, 0) is 0 Å². The van der Waals surface area contributed by atoms with E-state index < -0.39 is 4.92 Å². The number of ether oxygens (including phenoxy) is 1. The molecule has 0 spiro atoms. The summed E-state index contributed by atoms with van der Waals surface area (Å²) < 4.78 is 6.35. The van der Waals surface area contributed by atoms with E-state index >= 15 is 0 Å². The Balaban J connectivity index is 2.17. The molecule has 19 heavy (non-hydrogen) atoms. The molecule has 1 aromatic rings. The molecule has 2 unspecified atom stereocenters. The molecule has 0 aromatic carbocycles. The van der Waals surface area contributed by atoms with E-state index in [0.29, 0.717) is 15.9 Å². The van der Waals surface area contributed by atoms with Gasteiger partial charge in [0.25, 0.3) is 5.69 Å². The zero-order chi connectivity index (χ0) is 14.0. The van der Waals surface area contributed by atoms with Gasteiger partial charge in [-0.25, -0.2) is 4.98 Å². The summed E-state index contributed by atoms with van der Waals surface area (Å²) in [6.45, 7) is 1.67. The number of aromatic nitrogens is 1. The van der Waals surface area contributed by atoms with Crippen molar-refractivity contribution >= 4 is 21.6 Å². The molecule has 2 N–H and O–H groups in total. The van der Waals surface area contributed by atoms with E-state index in [1.54, 1.807) is 6.92 Å². The van der Waals surface area contributed by atoms with E-state index in [1.165, 1.54) is 6.20 Å². The third kappa shape index (κ3) is 3.22. The molecular formula is C12H16BrN3O3. The van der Waals surface area contributed by atoms with Gasteiger partial charge in [0.1, 0.15) is 12.3 Å². The fraction of sp³-hybridized carbons (Fsp3) is 0.583. The van der Waals surface area contributed by atoms with Gasteiger partial charge in [0.05, 0.1) is 9.40 Å². The minimum absolute atomic E-state index is 0.0143. The van der Waals surface area contributed by atoms with Crippen LogP contribution in [0, 0.1) is 17.0 Å². The second-order valence-corrected chi connectivity index (χ2v) is 5.60. The smallest absolute Gasteiger partial charge is 0.291 e. The lowest BCUT2D eigenvalue weighted by Crippen LogP contribution is -2.34.